The number of pyridine rings is 1. The van der Waals surface area contributed by atoms with Gasteiger partial charge in [0.15, 0.2) is 5.01 Å². The van der Waals surface area contributed by atoms with Crippen LogP contribution in [0.25, 0.3) is 10.3 Å². The van der Waals surface area contributed by atoms with Gasteiger partial charge in [0.05, 0.1) is 0 Å². The summed E-state index contributed by atoms with van der Waals surface area (Å²) in [6, 6.07) is 5.92. The van der Waals surface area contributed by atoms with Crippen molar-refractivity contribution in [1.29, 1.82) is 0 Å². The number of fused-ring (bicyclic) bond motifs is 2. The Bertz CT molecular complexity index is 808. The van der Waals surface area contributed by atoms with Crippen molar-refractivity contribution in [3.63, 3.8) is 0 Å². The highest BCUT2D eigenvalue weighted by Gasteiger charge is 2.17. The first-order chi connectivity index (χ1) is 11.3. The molecule has 0 saturated heterocycles. The maximum absolute atomic E-state index is 12.2. The van der Waals surface area contributed by atoms with Crippen molar-refractivity contribution >= 4 is 38.9 Å². The molecule has 23 heavy (non-hydrogen) atoms. The molecule has 5 nitrogen and oxygen atoms in total. The molecule has 118 valence electrons. The number of hydrogen-bond acceptors (Lipinski definition) is 6. The summed E-state index contributed by atoms with van der Waals surface area (Å²) in [5.41, 5.74) is 2.22. The number of nitrogens with one attached hydrogen (secondary N) is 1. The maximum atomic E-state index is 12.2. The van der Waals surface area contributed by atoms with E-state index >= 15 is 0 Å². The van der Waals surface area contributed by atoms with Crippen LogP contribution in [-0.2, 0) is 13.0 Å². The summed E-state index contributed by atoms with van der Waals surface area (Å²) in [5.74, 6) is -0.110. The van der Waals surface area contributed by atoms with Gasteiger partial charge in [0.1, 0.15) is 10.3 Å². The predicted molar refractivity (Wildman–Crippen MR) is 93.0 cm³/mol. The van der Waals surface area contributed by atoms with Crippen molar-refractivity contribution in [1.82, 2.24) is 20.2 Å². The molecule has 0 atom stereocenters. The number of amides is 1. The third-order valence-electron chi connectivity index (χ3n) is 3.96. The molecule has 1 aliphatic heterocycles. The molecular weight excluding hydrogens is 328 g/mol. The number of nitrogens with zero attached hydrogens (tertiary/aromatic N) is 3. The second-order valence-electron chi connectivity index (χ2n) is 5.50. The molecule has 1 N–H and O–H groups in total. The maximum Gasteiger partial charge on any atom is 0.280 e. The van der Waals surface area contributed by atoms with Crippen LogP contribution in [0.1, 0.15) is 20.2 Å². The smallest absolute Gasteiger partial charge is 0.280 e. The summed E-state index contributed by atoms with van der Waals surface area (Å²) >= 11 is 3.18. The first-order valence-corrected chi connectivity index (χ1v) is 9.26. The van der Waals surface area contributed by atoms with Gasteiger partial charge in [-0.25, -0.2) is 9.97 Å². The molecule has 3 aromatic rings. The molecular formula is C16H16N4OS2. The Morgan fingerprint density at radius 3 is 3.26 bits per heavy atom. The number of thiophene rings is 1. The molecule has 4 heterocycles. The van der Waals surface area contributed by atoms with E-state index in [0.29, 0.717) is 11.6 Å². The average Bonchev–Trinajstić information content (AvgIpc) is 3.20. The van der Waals surface area contributed by atoms with Gasteiger partial charge in [0.2, 0.25) is 0 Å². The summed E-state index contributed by atoms with van der Waals surface area (Å²) in [6.07, 6.45) is 2.84. The van der Waals surface area contributed by atoms with E-state index in [-0.39, 0.29) is 5.91 Å². The summed E-state index contributed by atoms with van der Waals surface area (Å²) in [7, 11) is 0. The van der Waals surface area contributed by atoms with Crippen LogP contribution in [0.5, 0.6) is 0 Å². The molecule has 0 aromatic carbocycles. The van der Waals surface area contributed by atoms with E-state index in [1.54, 1.807) is 6.20 Å². The van der Waals surface area contributed by atoms with E-state index in [2.05, 4.69) is 31.6 Å². The largest absolute Gasteiger partial charge is 0.349 e. The topological polar surface area (TPSA) is 58.1 Å². The van der Waals surface area contributed by atoms with Crippen molar-refractivity contribution in [2.24, 2.45) is 0 Å². The van der Waals surface area contributed by atoms with Crippen LogP contribution >= 0.6 is 22.7 Å². The van der Waals surface area contributed by atoms with Crippen LogP contribution in [0.2, 0.25) is 0 Å². The van der Waals surface area contributed by atoms with E-state index in [1.165, 1.54) is 21.8 Å². The Hall–Kier alpha value is -1.83. The van der Waals surface area contributed by atoms with Crippen LogP contribution in [0.4, 0.5) is 0 Å². The van der Waals surface area contributed by atoms with Crippen molar-refractivity contribution < 1.29 is 4.79 Å². The van der Waals surface area contributed by atoms with Crippen LogP contribution in [0.15, 0.2) is 29.8 Å². The lowest BCUT2D eigenvalue weighted by molar-refractivity contribution is 0.0947. The SMILES string of the molecule is O=C(NCCN1CCc2sccc2C1)c1nc2cccnc2s1. The highest BCUT2D eigenvalue weighted by molar-refractivity contribution is 7.19. The minimum atomic E-state index is -0.110. The van der Waals surface area contributed by atoms with E-state index < -0.39 is 0 Å². The fourth-order valence-electron chi connectivity index (χ4n) is 2.77. The summed E-state index contributed by atoms with van der Waals surface area (Å²) in [5, 5.41) is 5.61. The summed E-state index contributed by atoms with van der Waals surface area (Å²) < 4.78 is 0. The number of thiazole rings is 1. The van der Waals surface area contributed by atoms with Crippen LogP contribution in [0.3, 0.4) is 0 Å². The fraction of sp³-hybridized carbons (Fsp3) is 0.312. The Morgan fingerprint density at radius 2 is 2.35 bits per heavy atom. The molecule has 7 heteroatoms. The zero-order valence-corrected chi connectivity index (χ0v) is 14.1. The molecule has 0 bridgehead atoms. The molecule has 0 saturated carbocycles. The van der Waals surface area contributed by atoms with Gasteiger partial charge >= 0.3 is 0 Å². The monoisotopic (exact) mass is 344 g/mol. The Kier molecular flexibility index (Phi) is 4.07. The Labute approximate surface area is 142 Å². The first-order valence-electron chi connectivity index (χ1n) is 7.57. The van der Waals surface area contributed by atoms with Crippen molar-refractivity contribution in [3.05, 3.63) is 45.2 Å². The number of carbonyl (C=O) groups is 1. The van der Waals surface area contributed by atoms with Gasteiger partial charge in [-0.2, -0.15) is 0 Å². The Balaban J connectivity index is 1.32. The standard InChI is InChI=1S/C16H16N4OS2/c21-14(16-19-12-2-1-5-18-15(12)23-16)17-6-8-20-7-3-13-11(10-20)4-9-22-13/h1-2,4-5,9H,3,6-8,10H2,(H,17,21). The fourth-order valence-corrected chi connectivity index (χ4v) is 4.48. The molecule has 0 spiro atoms. The molecule has 1 aliphatic rings. The number of aromatic nitrogens is 2. The van der Waals surface area contributed by atoms with E-state index in [4.69, 9.17) is 0 Å². The normalized spacial score (nSPS) is 14.8. The van der Waals surface area contributed by atoms with Crippen LogP contribution in [0, 0.1) is 0 Å². The molecule has 0 aliphatic carbocycles. The van der Waals surface area contributed by atoms with E-state index in [1.807, 2.05) is 23.5 Å². The van der Waals surface area contributed by atoms with Gasteiger partial charge < -0.3 is 5.32 Å². The van der Waals surface area contributed by atoms with Crippen molar-refractivity contribution in [3.8, 4) is 0 Å². The van der Waals surface area contributed by atoms with Gasteiger partial charge in [-0.05, 0) is 35.6 Å². The average molecular weight is 344 g/mol. The van der Waals surface area contributed by atoms with E-state index in [0.717, 1.165) is 36.4 Å². The molecule has 0 unspecified atom stereocenters. The van der Waals surface area contributed by atoms with Gasteiger partial charge in [0.25, 0.3) is 5.91 Å². The lowest BCUT2D eigenvalue weighted by atomic mass is 10.1. The van der Waals surface area contributed by atoms with Crippen molar-refractivity contribution in [2.45, 2.75) is 13.0 Å². The van der Waals surface area contributed by atoms with Crippen molar-refractivity contribution in [2.75, 3.05) is 19.6 Å². The van der Waals surface area contributed by atoms with Gasteiger partial charge in [-0.1, -0.05) is 11.3 Å². The summed E-state index contributed by atoms with van der Waals surface area (Å²) in [4.78, 5) is 25.5. The minimum absolute atomic E-state index is 0.110. The van der Waals surface area contributed by atoms with Crippen LogP contribution < -0.4 is 5.32 Å². The third kappa shape index (κ3) is 3.12. The summed E-state index contributed by atoms with van der Waals surface area (Å²) in [6.45, 7) is 3.56. The van der Waals surface area contributed by atoms with Gasteiger partial charge in [-0.15, -0.1) is 11.3 Å². The van der Waals surface area contributed by atoms with Crippen LogP contribution in [-0.4, -0.2) is 40.4 Å². The quantitative estimate of drug-likeness (QED) is 0.790. The first kappa shape index (κ1) is 14.7. The molecule has 0 radical (unpaired) electrons. The lowest BCUT2D eigenvalue weighted by Crippen LogP contribution is -2.37. The van der Waals surface area contributed by atoms with Gasteiger partial charge in [0, 0.05) is 37.3 Å². The zero-order chi connectivity index (χ0) is 15.6. The second kappa shape index (κ2) is 6.35. The van der Waals surface area contributed by atoms with Gasteiger partial charge in [-0.3, -0.25) is 9.69 Å². The molecule has 4 rings (SSSR count). The molecule has 0 fully saturated rings. The number of hydrogen-bond donors (Lipinski definition) is 1. The number of rotatable bonds is 4. The van der Waals surface area contributed by atoms with E-state index in [9.17, 15) is 4.79 Å². The second-order valence-corrected chi connectivity index (χ2v) is 7.48. The highest BCUT2D eigenvalue weighted by Crippen LogP contribution is 2.23. The predicted octanol–water partition coefficient (Wildman–Crippen LogP) is 2.54. The minimum Gasteiger partial charge on any atom is -0.349 e. The third-order valence-corrected chi connectivity index (χ3v) is 5.96. The lowest BCUT2D eigenvalue weighted by Gasteiger charge is -2.26. The molecule has 3 aromatic heterocycles. The zero-order valence-electron chi connectivity index (χ0n) is 12.5. The Morgan fingerprint density at radius 1 is 1.39 bits per heavy atom. The number of carbonyl (C=O) groups excluding carboxylic acids is 1. The molecule has 1 amide bonds. The highest BCUT2D eigenvalue weighted by atomic mass is 32.1.